The Kier molecular flexibility index (Phi) is 3.91. The van der Waals surface area contributed by atoms with Gasteiger partial charge in [-0.25, -0.2) is 4.79 Å². The second-order valence-corrected chi connectivity index (χ2v) is 6.25. The average molecular weight is 341 g/mol. The number of carbonyl (C=O) groups excluding carboxylic acids is 2. The van der Waals surface area contributed by atoms with Crippen LogP contribution in [0.25, 0.3) is 11.3 Å². The number of nitrogens with one attached hydrogen (secondary N) is 1. The smallest absolute Gasteiger partial charge is 0.415 e. The van der Waals surface area contributed by atoms with Crippen LogP contribution in [0.4, 0.5) is 10.5 Å². The van der Waals surface area contributed by atoms with E-state index in [4.69, 9.17) is 9.26 Å². The summed E-state index contributed by atoms with van der Waals surface area (Å²) < 4.78 is 10.6. The number of rotatable bonds is 3. The maximum absolute atomic E-state index is 12.2. The molecule has 2 heterocycles. The number of benzene rings is 1. The monoisotopic (exact) mass is 341 g/mol. The Bertz CT molecular complexity index is 829. The van der Waals surface area contributed by atoms with E-state index in [9.17, 15) is 9.59 Å². The molecule has 1 saturated heterocycles. The number of nitrogens with zero attached hydrogens (tertiary/aromatic N) is 2. The molecule has 1 aliphatic carbocycles. The molecule has 1 N–H and O–H groups in total. The summed E-state index contributed by atoms with van der Waals surface area (Å²) in [7, 11) is 0. The van der Waals surface area contributed by atoms with Gasteiger partial charge in [0.05, 0.1) is 12.7 Å². The van der Waals surface area contributed by atoms with Crippen molar-refractivity contribution >= 4 is 17.7 Å². The molecule has 2 amide bonds. The molecule has 1 aromatic carbocycles. The highest BCUT2D eigenvalue weighted by molar-refractivity contribution is 5.96. The highest BCUT2D eigenvalue weighted by Gasteiger charge is 2.37. The Morgan fingerprint density at radius 2 is 2.20 bits per heavy atom. The molecule has 7 heteroatoms. The van der Waals surface area contributed by atoms with E-state index in [0.29, 0.717) is 6.54 Å². The summed E-state index contributed by atoms with van der Waals surface area (Å²) in [5, 5.41) is 6.58. The number of anilines is 1. The summed E-state index contributed by atoms with van der Waals surface area (Å²) in [5.74, 6) is 0.544. The van der Waals surface area contributed by atoms with Crippen molar-refractivity contribution in [3.63, 3.8) is 0 Å². The van der Waals surface area contributed by atoms with Crippen LogP contribution in [0.15, 0.2) is 28.9 Å². The normalized spacial score (nSPS) is 19.0. The molecule has 1 atom stereocenters. The number of amides is 2. The highest BCUT2D eigenvalue weighted by atomic mass is 16.6. The van der Waals surface area contributed by atoms with Gasteiger partial charge in [0, 0.05) is 23.4 Å². The van der Waals surface area contributed by atoms with E-state index in [1.807, 2.05) is 25.1 Å². The predicted molar refractivity (Wildman–Crippen MR) is 90.3 cm³/mol. The number of aryl methyl sites for hydroxylation is 2. The third-order valence-corrected chi connectivity index (χ3v) is 4.64. The number of cyclic esters (lactones) is 1. The van der Waals surface area contributed by atoms with E-state index in [1.54, 1.807) is 6.20 Å². The Labute approximate surface area is 144 Å². The average Bonchev–Trinajstić information content (AvgIpc) is 3.18. The molecule has 7 nitrogen and oxygen atoms in total. The highest BCUT2D eigenvalue weighted by Crippen LogP contribution is 2.35. The number of likely N-dealkylation sites (N-methyl/N-ethyl adjacent to an activating group) is 1. The molecule has 130 valence electrons. The minimum atomic E-state index is -0.771. The second-order valence-electron chi connectivity index (χ2n) is 6.25. The van der Waals surface area contributed by atoms with Crippen molar-refractivity contribution in [3.8, 4) is 11.3 Å². The third kappa shape index (κ3) is 2.75. The van der Waals surface area contributed by atoms with Crippen molar-refractivity contribution in [2.75, 3.05) is 18.0 Å². The number of carbonyl (C=O) groups is 2. The van der Waals surface area contributed by atoms with Crippen LogP contribution in [0.3, 0.4) is 0 Å². The standard InChI is InChI=1S/C18H19N3O4/c1-2-19-17(22)15-10-21(18(23)24-15)13-6-7-14-11(8-13)4-3-5-12-9-20-25-16(12)14/h6-9,15H,2-5,10H2,1H3,(H,19,22)/t15-/m1/s1. The number of hydrogen-bond donors (Lipinski definition) is 1. The molecular formula is C18H19N3O4. The van der Waals surface area contributed by atoms with Crippen LogP contribution in [-0.4, -0.2) is 36.4 Å². The topological polar surface area (TPSA) is 84.7 Å². The fraction of sp³-hybridized carbons (Fsp3) is 0.389. The van der Waals surface area contributed by atoms with Gasteiger partial charge in [-0.3, -0.25) is 9.69 Å². The van der Waals surface area contributed by atoms with Gasteiger partial charge >= 0.3 is 6.09 Å². The van der Waals surface area contributed by atoms with Crippen LogP contribution in [-0.2, 0) is 22.4 Å². The van der Waals surface area contributed by atoms with Gasteiger partial charge in [0.1, 0.15) is 0 Å². The minimum Gasteiger partial charge on any atom is -0.434 e. The summed E-state index contributed by atoms with van der Waals surface area (Å²) in [6, 6.07) is 5.79. The number of aromatic nitrogens is 1. The van der Waals surface area contributed by atoms with Crippen molar-refractivity contribution in [3.05, 3.63) is 35.5 Å². The maximum Gasteiger partial charge on any atom is 0.415 e. The number of ether oxygens (including phenoxy) is 1. The summed E-state index contributed by atoms with van der Waals surface area (Å²) >= 11 is 0. The molecule has 1 aliphatic heterocycles. The van der Waals surface area contributed by atoms with Gasteiger partial charge in [-0.15, -0.1) is 0 Å². The summed E-state index contributed by atoms with van der Waals surface area (Å²) in [6.45, 7) is 2.55. The zero-order valence-corrected chi connectivity index (χ0v) is 13.9. The predicted octanol–water partition coefficient (Wildman–Crippen LogP) is 2.29. The lowest BCUT2D eigenvalue weighted by molar-refractivity contribution is -0.127. The molecule has 0 saturated carbocycles. The van der Waals surface area contributed by atoms with Gasteiger partial charge in [0.25, 0.3) is 5.91 Å². The third-order valence-electron chi connectivity index (χ3n) is 4.64. The van der Waals surface area contributed by atoms with Crippen molar-refractivity contribution in [2.24, 2.45) is 0 Å². The van der Waals surface area contributed by atoms with E-state index in [0.717, 1.165) is 47.4 Å². The minimum absolute atomic E-state index is 0.219. The van der Waals surface area contributed by atoms with Crippen LogP contribution in [0.2, 0.25) is 0 Å². The summed E-state index contributed by atoms with van der Waals surface area (Å²) in [5.41, 5.74) is 3.98. The molecule has 2 aromatic rings. The summed E-state index contributed by atoms with van der Waals surface area (Å²) in [6.07, 6.45) is 3.32. The zero-order valence-electron chi connectivity index (χ0n) is 13.9. The van der Waals surface area contributed by atoms with Gasteiger partial charge < -0.3 is 14.6 Å². The Morgan fingerprint density at radius 3 is 3.04 bits per heavy atom. The first kappa shape index (κ1) is 15.7. The molecule has 0 spiro atoms. The lowest BCUT2D eigenvalue weighted by Gasteiger charge is -2.15. The maximum atomic E-state index is 12.2. The lowest BCUT2D eigenvalue weighted by atomic mass is 10.0. The molecular weight excluding hydrogens is 322 g/mol. The molecule has 2 aliphatic rings. The quantitative estimate of drug-likeness (QED) is 0.926. The van der Waals surface area contributed by atoms with Gasteiger partial charge in [0.15, 0.2) is 11.9 Å². The molecule has 25 heavy (non-hydrogen) atoms. The van der Waals surface area contributed by atoms with Crippen LogP contribution >= 0.6 is 0 Å². The van der Waals surface area contributed by atoms with Crippen LogP contribution in [0.5, 0.6) is 0 Å². The van der Waals surface area contributed by atoms with Gasteiger partial charge in [-0.1, -0.05) is 5.16 Å². The molecule has 1 fully saturated rings. The molecule has 0 radical (unpaired) electrons. The Morgan fingerprint density at radius 1 is 1.36 bits per heavy atom. The van der Waals surface area contributed by atoms with E-state index < -0.39 is 12.2 Å². The zero-order chi connectivity index (χ0) is 17.4. The molecule has 4 rings (SSSR count). The van der Waals surface area contributed by atoms with Crippen molar-refractivity contribution in [1.82, 2.24) is 10.5 Å². The second kappa shape index (κ2) is 6.23. The van der Waals surface area contributed by atoms with Crippen LogP contribution in [0, 0.1) is 0 Å². The first-order chi connectivity index (χ1) is 12.2. The fourth-order valence-electron chi connectivity index (χ4n) is 3.40. The van der Waals surface area contributed by atoms with Crippen LogP contribution in [0.1, 0.15) is 24.5 Å². The molecule has 0 bridgehead atoms. The van der Waals surface area contributed by atoms with Crippen molar-refractivity contribution in [2.45, 2.75) is 32.3 Å². The van der Waals surface area contributed by atoms with Gasteiger partial charge in [0.2, 0.25) is 0 Å². The fourth-order valence-corrected chi connectivity index (χ4v) is 3.40. The molecule has 1 aromatic heterocycles. The van der Waals surface area contributed by atoms with Gasteiger partial charge in [-0.2, -0.15) is 0 Å². The van der Waals surface area contributed by atoms with Crippen molar-refractivity contribution in [1.29, 1.82) is 0 Å². The SMILES string of the molecule is CCNC(=O)[C@H]1CN(c2ccc3c(c2)CCCc2cnoc2-3)C(=O)O1. The van der Waals surface area contributed by atoms with Crippen molar-refractivity contribution < 1.29 is 18.8 Å². The van der Waals surface area contributed by atoms with E-state index in [1.165, 1.54) is 4.90 Å². The first-order valence-corrected chi connectivity index (χ1v) is 8.50. The van der Waals surface area contributed by atoms with E-state index in [2.05, 4.69) is 10.5 Å². The Hall–Kier alpha value is -2.83. The number of hydrogen-bond acceptors (Lipinski definition) is 5. The first-order valence-electron chi connectivity index (χ1n) is 8.50. The number of fused-ring (bicyclic) bond motifs is 3. The van der Waals surface area contributed by atoms with Gasteiger partial charge in [-0.05, 0) is 49.9 Å². The van der Waals surface area contributed by atoms with E-state index in [-0.39, 0.29) is 12.5 Å². The molecule has 0 unspecified atom stereocenters. The largest absolute Gasteiger partial charge is 0.434 e. The van der Waals surface area contributed by atoms with Crippen LogP contribution < -0.4 is 10.2 Å². The Balaban J connectivity index is 1.62. The lowest BCUT2D eigenvalue weighted by Crippen LogP contribution is -2.37. The van der Waals surface area contributed by atoms with E-state index >= 15 is 0 Å². The summed E-state index contributed by atoms with van der Waals surface area (Å²) in [4.78, 5) is 25.6.